The van der Waals surface area contributed by atoms with E-state index >= 15 is 0 Å². The highest BCUT2D eigenvalue weighted by Gasteiger charge is 2.16. The van der Waals surface area contributed by atoms with Crippen molar-refractivity contribution in [3.8, 4) is 0 Å². The molecule has 0 fully saturated rings. The molecule has 1 atom stereocenters. The lowest BCUT2D eigenvalue weighted by molar-refractivity contribution is 0.236. The Hall–Kier alpha value is -3.23. The summed E-state index contributed by atoms with van der Waals surface area (Å²) in [7, 11) is 1.76. The van der Waals surface area contributed by atoms with Gasteiger partial charge in [0.15, 0.2) is 5.82 Å². The van der Waals surface area contributed by atoms with Crippen LogP contribution in [0.15, 0.2) is 41.2 Å². The molecule has 130 valence electrons. The molecule has 0 saturated heterocycles. The lowest BCUT2D eigenvalue weighted by atomic mass is 10.1. The molecule has 0 aliphatic rings. The zero-order valence-corrected chi connectivity index (χ0v) is 14.0. The second-order valence-electron chi connectivity index (χ2n) is 5.56. The van der Waals surface area contributed by atoms with Crippen molar-refractivity contribution in [2.45, 2.75) is 25.9 Å². The van der Waals surface area contributed by atoms with E-state index in [-0.39, 0.29) is 18.6 Å². The summed E-state index contributed by atoms with van der Waals surface area (Å²) in [6, 6.07) is 9.12. The first-order valence-corrected chi connectivity index (χ1v) is 7.85. The Labute approximate surface area is 144 Å². The summed E-state index contributed by atoms with van der Waals surface area (Å²) in [5.74, 6) is 1.60. The Kier molecular flexibility index (Phi) is 5.03. The van der Waals surface area contributed by atoms with E-state index in [4.69, 9.17) is 4.52 Å². The normalized spacial score (nSPS) is 11.9. The molecule has 0 aliphatic heterocycles. The molecule has 9 nitrogen and oxygen atoms in total. The van der Waals surface area contributed by atoms with Crippen molar-refractivity contribution in [1.29, 1.82) is 0 Å². The molecule has 0 radical (unpaired) electrons. The van der Waals surface area contributed by atoms with Gasteiger partial charge in [-0.15, -0.1) is 0 Å². The molecule has 1 unspecified atom stereocenters. The first kappa shape index (κ1) is 16.6. The van der Waals surface area contributed by atoms with Gasteiger partial charge in [0.25, 0.3) is 0 Å². The predicted molar refractivity (Wildman–Crippen MR) is 88.3 cm³/mol. The first-order chi connectivity index (χ1) is 12.1. The van der Waals surface area contributed by atoms with Crippen LogP contribution in [0.4, 0.5) is 4.79 Å². The van der Waals surface area contributed by atoms with Gasteiger partial charge in [0.05, 0.1) is 19.0 Å². The Balaban J connectivity index is 1.52. The SMILES string of the molecule is CC(NC(=O)NCc1ncnn1C)c1noc(Cc2ccccc2)n1. The van der Waals surface area contributed by atoms with Gasteiger partial charge < -0.3 is 15.2 Å². The van der Waals surface area contributed by atoms with Gasteiger partial charge in [0.2, 0.25) is 5.89 Å². The van der Waals surface area contributed by atoms with E-state index in [0.717, 1.165) is 5.56 Å². The molecular weight excluding hydrogens is 322 g/mol. The van der Waals surface area contributed by atoms with Gasteiger partial charge in [-0.25, -0.2) is 9.78 Å². The van der Waals surface area contributed by atoms with E-state index in [1.54, 1.807) is 18.7 Å². The van der Waals surface area contributed by atoms with Crippen LogP contribution in [0.2, 0.25) is 0 Å². The maximum Gasteiger partial charge on any atom is 0.315 e. The van der Waals surface area contributed by atoms with Crippen LogP contribution in [0, 0.1) is 0 Å². The van der Waals surface area contributed by atoms with Gasteiger partial charge in [-0.05, 0) is 12.5 Å². The Morgan fingerprint density at radius 3 is 2.84 bits per heavy atom. The average Bonchev–Trinajstić information content (AvgIpc) is 3.23. The molecule has 1 aromatic carbocycles. The minimum absolute atomic E-state index is 0.278. The number of urea groups is 1. The van der Waals surface area contributed by atoms with Gasteiger partial charge in [-0.2, -0.15) is 10.1 Å². The van der Waals surface area contributed by atoms with Gasteiger partial charge in [0.1, 0.15) is 12.2 Å². The number of carbonyl (C=O) groups excluding carboxylic acids is 1. The second-order valence-corrected chi connectivity index (χ2v) is 5.56. The molecule has 25 heavy (non-hydrogen) atoms. The van der Waals surface area contributed by atoms with Gasteiger partial charge in [0, 0.05) is 7.05 Å². The smallest absolute Gasteiger partial charge is 0.315 e. The average molecular weight is 341 g/mol. The molecule has 9 heteroatoms. The lowest BCUT2D eigenvalue weighted by Gasteiger charge is -2.10. The summed E-state index contributed by atoms with van der Waals surface area (Å²) in [6.45, 7) is 2.07. The molecule has 2 N–H and O–H groups in total. The Morgan fingerprint density at radius 1 is 1.32 bits per heavy atom. The second kappa shape index (κ2) is 7.56. The number of rotatable bonds is 6. The monoisotopic (exact) mass is 341 g/mol. The highest BCUT2D eigenvalue weighted by atomic mass is 16.5. The number of carbonyl (C=O) groups is 1. The zero-order chi connectivity index (χ0) is 17.6. The van der Waals surface area contributed by atoms with Crippen molar-refractivity contribution < 1.29 is 9.32 Å². The number of benzene rings is 1. The largest absolute Gasteiger partial charge is 0.339 e. The van der Waals surface area contributed by atoms with E-state index < -0.39 is 0 Å². The third-order valence-corrected chi connectivity index (χ3v) is 3.63. The zero-order valence-electron chi connectivity index (χ0n) is 14.0. The van der Waals surface area contributed by atoms with Crippen molar-refractivity contribution in [2.24, 2.45) is 7.05 Å². The van der Waals surface area contributed by atoms with Gasteiger partial charge in [-0.1, -0.05) is 35.5 Å². The summed E-state index contributed by atoms with van der Waals surface area (Å²) in [5.41, 5.74) is 1.08. The highest BCUT2D eigenvalue weighted by Crippen LogP contribution is 2.11. The van der Waals surface area contributed by atoms with Gasteiger partial charge in [-0.3, -0.25) is 4.68 Å². The van der Waals surface area contributed by atoms with Crippen molar-refractivity contribution in [1.82, 2.24) is 35.5 Å². The summed E-state index contributed by atoms with van der Waals surface area (Å²) in [5, 5.41) is 13.4. The lowest BCUT2D eigenvalue weighted by Crippen LogP contribution is -2.37. The minimum atomic E-state index is -0.382. The van der Waals surface area contributed by atoms with E-state index in [2.05, 4.69) is 30.9 Å². The van der Waals surface area contributed by atoms with E-state index in [1.165, 1.54) is 6.33 Å². The quantitative estimate of drug-likeness (QED) is 0.700. The van der Waals surface area contributed by atoms with E-state index in [0.29, 0.717) is 24.0 Å². The van der Waals surface area contributed by atoms with Crippen LogP contribution in [-0.4, -0.2) is 30.9 Å². The van der Waals surface area contributed by atoms with Crippen LogP contribution in [0.25, 0.3) is 0 Å². The van der Waals surface area contributed by atoms with Gasteiger partial charge >= 0.3 is 6.03 Å². The molecule has 2 aromatic heterocycles. The topological polar surface area (TPSA) is 111 Å². The standard InChI is InChI=1S/C16H19N7O2/c1-11(20-16(24)17-9-13-18-10-19-23(13)2)15-21-14(25-22-15)8-12-6-4-3-5-7-12/h3-7,10-11H,8-9H2,1-2H3,(H2,17,20,24). The molecular formula is C16H19N7O2. The van der Waals surface area contributed by atoms with Crippen LogP contribution in [-0.2, 0) is 20.0 Å². The number of amides is 2. The molecule has 3 rings (SSSR count). The third-order valence-electron chi connectivity index (χ3n) is 3.63. The summed E-state index contributed by atoms with van der Waals surface area (Å²) < 4.78 is 6.85. The molecule has 3 aromatic rings. The fourth-order valence-corrected chi connectivity index (χ4v) is 2.24. The van der Waals surface area contributed by atoms with E-state index in [1.807, 2.05) is 30.3 Å². The molecule has 0 spiro atoms. The van der Waals surface area contributed by atoms with Crippen molar-refractivity contribution in [2.75, 3.05) is 0 Å². The van der Waals surface area contributed by atoms with Crippen LogP contribution in [0.1, 0.15) is 36.1 Å². The molecule has 0 aliphatic carbocycles. The van der Waals surface area contributed by atoms with Crippen LogP contribution < -0.4 is 10.6 Å². The fourth-order valence-electron chi connectivity index (χ4n) is 2.24. The predicted octanol–water partition coefficient (Wildman–Crippen LogP) is 1.35. The number of nitrogens with one attached hydrogen (secondary N) is 2. The Morgan fingerprint density at radius 2 is 2.12 bits per heavy atom. The van der Waals surface area contributed by atoms with Crippen LogP contribution in [0.5, 0.6) is 0 Å². The van der Waals surface area contributed by atoms with Crippen molar-refractivity contribution in [3.63, 3.8) is 0 Å². The summed E-state index contributed by atoms with van der Waals surface area (Å²) in [6.07, 6.45) is 1.99. The molecule has 2 heterocycles. The number of nitrogens with zero attached hydrogens (tertiary/aromatic N) is 5. The number of hydrogen-bond acceptors (Lipinski definition) is 6. The molecule has 0 saturated carbocycles. The maximum absolute atomic E-state index is 12.0. The van der Waals surface area contributed by atoms with Crippen LogP contribution >= 0.6 is 0 Å². The molecule has 0 bridgehead atoms. The summed E-state index contributed by atoms with van der Waals surface area (Å²) in [4.78, 5) is 20.3. The van der Waals surface area contributed by atoms with Crippen molar-refractivity contribution >= 4 is 6.03 Å². The number of aryl methyl sites for hydroxylation is 1. The first-order valence-electron chi connectivity index (χ1n) is 7.85. The number of hydrogen-bond donors (Lipinski definition) is 2. The highest BCUT2D eigenvalue weighted by molar-refractivity contribution is 5.74. The third kappa shape index (κ3) is 4.40. The number of aromatic nitrogens is 5. The van der Waals surface area contributed by atoms with E-state index in [9.17, 15) is 4.79 Å². The fraction of sp³-hybridized carbons (Fsp3) is 0.312. The maximum atomic E-state index is 12.0. The molecule has 2 amide bonds. The van der Waals surface area contributed by atoms with Crippen molar-refractivity contribution in [3.05, 3.63) is 59.8 Å². The summed E-state index contributed by atoms with van der Waals surface area (Å²) >= 11 is 0. The Bertz CT molecular complexity index is 828. The minimum Gasteiger partial charge on any atom is -0.339 e. The van der Waals surface area contributed by atoms with Crippen LogP contribution in [0.3, 0.4) is 0 Å².